The van der Waals surface area contributed by atoms with Crippen LogP contribution in [0.15, 0.2) is 6.07 Å². The van der Waals surface area contributed by atoms with Crippen LogP contribution in [0.3, 0.4) is 0 Å². The van der Waals surface area contributed by atoms with Crippen LogP contribution in [-0.2, 0) is 4.74 Å². The van der Waals surface area contributed by atoms with Crippen LogP contribution in [0, 0.1) is 0 Å². The number of nitrogens with two attached hydrogens (primary N) is 1. The molecule has 4 nitrogen and oxygen atoms in total. The van der Waals surface area contributed by atoms with Crippen LogP contribution >= 0.6 is 23.1 Å². The number of esters is 1. The monoisotopic (exact) mass is 286 g/mol. The maximum Gasteiger partial charge on any atom is 0.350 e. The maximum atomic E-state index is 11.7. The van der Waals surface area contributed by atoms with E-state index in [0.717, 1.165) is 23.8 Å². The number of carbonyl (C=O) groups excluding carboxylic acids is 1. The molecule has 2 heterocycles. The van der Waals surface area contributed by atoms with E-state index in [4.69, 9.17) is 10.5 Å². The Kier molecular flexibility index (Phi) is 4.40. The standard InChI is InChI=1S/C12H18N2O2S2/c1-3-16-12(15)11-9(13)6-10(18-11)14-4-5-17-8(2)7-14/h6,8H,3-5,7,13H2,1-2H3. The minimum atomic E-state index is -0.314. The highest BCUT2D eigenvalue weighted by Gasteiger charge is 2.22. The van der Waals surface area contributed by atoms with E-state index in [-0.39, 0.29) is 5.97 Å². The Hall–Kier alpha value is -0.880. The number of nitrogen functional groups attached to an aromatic ring is 1. The first-order valence-corrected chi connectivity index (χ1v) is 7.91. The van der Waals surface area contributed by atoms with Crippen molar-refractivity contribution in [3.8, 4) is 0 Å². The van der Waals surface area contributed by atoms with Crippen molar-refractivity contribution in [2.75, 3.05) is 36.1 Å². The van der Waals surface area contributed by atoms with E-state index < -0.39 is 0 Å². The number of hydrogen-bond acceptors (Lipinski definition) is 6. The molecule has 2 N–H and O–H groups in total. The number of carbonyl (C=O) groups is 1. The van der Waals surface area contributed by atoms with Crippen molar-refractivity contribution in [3.05, 3.63) is 10.9 Å². The third-order valence-electron chi connectivity index (χ3n) is 2.76. The van der Waals surface area contributed by atoms with Gasteiger partial charge in [-0.3, -0.25) is 0 Å². The van der Waals surface area contributed by atoms with Crippen LogP contribution in [0.25, 0.3) is 0 Å². The molecule has 2 rings (SSSR count). The predicted molar refractivity (Wildman–Crippen MR) is 78.8 cm³/mol. The van der Waals surface area contributed by atoms with Crippen LogP contribution < -0.4 is 10.6 Å². The summed E-state index contributed by atoms with van der Waals surface area (Å²) in [5.41, 5.74) is 6.42. The Morgan fingerprint density at radius 2 is 2.44 bits per heavy atom. The Morgan fingerprint density at radius 1 is 1.67 bits per heavy atom. The Balaban J connectivity index is 2.15. The van der Waals surface area contributed by atoms with Gasteiger partial charge in [-0.05, 0) is 13.0 Å². The molecule has 1 fully saturated rings. The third kappa shape index (κ3) is 2.92. The lowest BCUT2D eigenvalue weighted by Gasteiger charge is -2.31. The molecule has 1 aromatic rings. The van der Waals surface area contributed by atoms with E-state index >= 15 is 0 Å². The summed E-state index contributed by atoms with van der Waals surface area (Å²) in [5.74, 6) is 0.805. The average Bonchev–Trinajstić information content (AvgIpc) is 2.72. The number of hydrogen-bond donors (Lipinski definition) is 1. The number of ether oxygens (including phenoxy) is 1. The summed E-state index contributed by atoms with van der Waals surface area (Å²) < 4.78 is 5.00. The number of thiophene rings is 1. The zero-order chi connectivity index (χ0) is 13.1. The van der Waals surface area contributed by atoms with E-state index in [1.165, 1.54) is 11.3 Å². The lowest BCUT2D eigenvalue weighted by Crippen LogP contribution is -2.36. The van der Waals surface area contributed by atoms with Crippen LogP contribution in [0.2, 0.25) is 0 Å². The predicted octanol–water partition coefficient (Wildman–Crippen LogP) is 2.45. The first-order chi connectivity index (χ1) is 8.61. The van der Waals surface area contributed by atoms with Gasteiger partial charge in [0, 0.05) is 24.1 Å². The molecular weight excluding hydrogens is 268 g/mol. The normalized spacial score (nSPS) is 19.9. The lowest BCUT2D eigenvalue weighted by molar-refractivity contribution is 0.0533. The highest BCUT2D eigenvalue weighted by molar-refractivity contribution is 8.00. The molecule has 1 atom stereocenters. The molecule has 1 saturated heterocycles. The fraction of sp³-hybridized carbons (Fsp3) is 0.583. The maximum absolute atomic E-state index is 11.7. The molecule has 0 amide bonds. The molecule has 1 unspecified atom stereocenters. The zero-order valence-corrected chi connectivity index (χ0v) is 12.3. The van der Waals surface area contributed by atoms with E-state index in [2.05, 4.69) is 11.8 Å². The lowest BCUT2D eigenvalue weighted by atomic mass is 10.3. The Bertz CT molecular complexity index is 434. The molecule has 1 aliphatic heterocycles. The van der Waals surface area contributed by atoms with Gasteiger partial charge < -0.3 is 15.4 Å². The van der Waals surface area contributed by atoms with Crippen molar-refractivity contribution in [3.63, 3.8) is 0 Å². The van der Waals surface area contributed by atoms with Crippen molar-refractivity contribution in [2.45, 2.75) is 19.1 Å². The molecule has 0 radical (unpaired) electrons. The van der Waals surface area contributed by atoms with Gasteiger partial charge in [0.1, 0.15) is 4.88 Å². The van der Waals surface area contributed by atoms with Crippen molar-refractivity contribution < 1.29 is 9.53 Å². The minimum absolute atomic E-state index is 0.314. The summed E-state index contributed by atoms with van der Waals surface area (Å²) in [4.78, 5) is 14.5. The Labute approximate surface area is 115 Å². The topological polar surface area (TPSA) is 55.6 Å². The quantitative estimate of drug-likeness (QED) is 0.865. The van der Waals surface area contributed by atoms with Gasteiger partial charge >= 0.3 is 5.97 Å². The highest BCUT2D eigenvalue weighted by atomic mass is 32.2. The van der Waals surface area contributed by atoms with Gasteiger partial charge in [0.15, 0.2) is 0 Å². The molecule has 100 valence electrons. The minimum Gasteiger partial charge on any atom is -0.462 e. The van der Waals surface area contributed by atoms with E-state index in [0.29, 0.717) is 22.4 Å². The van der Waals surface area contributed by atoms with Crippen LogP contribution in [0.1, 0.15) is 23.5 Å². The molecule has 0 aliphatic carbocycles. The largest absolute Gasteiger partial charge is 0.462 e. The summed E-state index contributed by atoms with van der Waals surface area (Å²) in [6, 6.07) is 1.89. The number of rotatable bonds is 3. The smallest absolute Gasteiger partial charge is 0.350 e. The summed E-state index contributed by atoms with van der Waals surface area (Å²) in [6.07, 6.45) is 0. The van der Waals surface area contributed by atoms with Crippen LogP contribution in [-0.4, -0.2) is 36.7 Å². The van der Waals surface area contributed by atoms with Crippen molar-refractivity contribution in [1.29, 1.82) is 0 Å². The SMILES string of the molecule is CCOC(=O)c1sc(N2CCSC(C)C2)cc1N. The molecule has 18 heavy (non-hydrogen) atoms. The molecule has 1 aromatic heterocycles. The molecule has 0 spiro atoms. The molecule has 0 saturated carbocycles. The number of anilines is 2. The van der Waals surface area contributed by atoms with Gasteiger partial charge in [-0.1, -0.05) is 6.92 Å². The van der Waals surface area contributed by atoms with E-state index in [9.17, 15) is 4.79 Å². The molecular formula is C12H18N2O2S2. The summed E-state index contributed by atoms with van der Waals surface area (Å²) in [6.45, 7) is 6.42. The Morgan fingerprint density at radius 3 is 3.11 bits per heavy atom. The van der Waals surface area contributed by atoms with E-state index in [1.807, 2.05) is 17.8 Å². The second-order valence-electron chi connectivity index (χ2n) is 4.22. The van der Waals surface area contributed by atoms with E-state index in [1.54, 1.807) is 6.92 Å². The highest BCUT2D eigenvalue weighted by Crippen LogP contribution is 2.34. The summed E-state index contributed by atoms with van der Waals surface area (Å²) in [7, 11) is 0. The number of thioether (sulfide) groups is 1. The van der Waals surface area contributed by atoms with Crippen molar-refractivity contribution in [1.82, 2.24) is 0 Å². The van der Waals surface area contributed by atoms with Crippen molar-refractivity contribution in [2.24, 2.45) is 0 Å². The molecule has 0 aromatic carbocycles. The first kappa shape index (κ1) is 13.5. The van der Waals surface area contributed by atoms with Gasteiger partial charge in [-0.25, -0.2) is 4.79 Å². The van der Waals surface area contributed by atoms with Crippen molar-refractivity contribution >= 4 is 39.8 Å². The fourth-order valence-electron chi connectivity index (χ4n) is 1.92. The second kappa shape index (κ2) is 5.84. The van der Waals surface area contributed by atoms with Gasteiger partial charge in [0.05, 0.1) is 17.3 Å². The third-order valence-corrected chi connectivity index (χ3v) is 5.09. The average molecular weight is 286 g/mol. The summed E-state index contributed by atoms with van der Waals surface area (Å²) in [5, 5.41) is 1.69. The van der Waals surface area contributed by atoms with Gasteiger partial charge in [0.2, 0.25) is 0 Å². The fourth-order valence-corrected chi connectivity index (χ4v) is 3.94. The molecule has 1 aliphatic rings. The molecule has 6 heteroatoms. The van der Waals surface area contributed by atoms with Crippen LogP contribution in [0.4, 0.5) is 10.7 Å². The number of nitrogens with zero attached hydrogens (tertiary/aromatic N) is 1. The second-order valence-corrected chi connectivity index (χ2v) is 6.79. The van der Waals surface area contributed by atoms with Gasteiger partial charge in [-0.2, -0.15) is 11.8 Å². The van der Waals surface area contributed by atoms with Gasteiger partial charge in [0.25, 0.3) is 0 Å². The van der Waals surface area contributed by atoms with Gasteiger partial charge in [-0.15, -0.1) is 11.3 Å². The summed E-state index contributed by atoms with van der Waals surface area (Å²) >= 11 is 3.42. The molecule has 0 bridgehead atoms. The zero-order valence-electron chi connectivity index (χ0n) is 10.6. The van der Waals surface area contributed by atoms with Crippen LogP contribution in [0.5, 0.6) is 0 Å². The first-order valence-electron chi connectivity index (χ1n) is 6.04.